The predicted molar refractivity (Wildman–Crippen MR) is 127 cm³/mol. The van der Waals surface area contributed by atoms with E-state index in [0.29, 0.717) is 5.69 Å². The van der Waals surface area contributed by atoms with Crippen molar-refractivity contribution < 1.29 is 9.59 Å². The van der Waals surface area contributed by atoms with Crippen LogP contribution in [0, 0.1) is 22.8 Å². The highest BCUT2D eigenvalue weighted by molar-refractivity contribution is 6.10. The van der Waals surface area contributed by atoms with E-state index < -0.39 is 0 Å². The molecule has 1 saturated carbocycles. The van der Waals surface area contributed by atoms with Gasteiger partial charge in [-0.25, -0.2) is 0 Å². The number of anilines is 1. The second kappa shape index (κ2) is 9.56. The molecule has 2 aliphatic rings. The van der Waals surface area contributed by atoms with Crippen molar-refractivity contribution in [1.29, 1.82) is 10.5 Å². The summed E-state index contributed by atoms with van der Waals surface area (Å²) in [6, 6.07) is 12.4. The van der Waals surface area contributed by atoms with E-state index in [1.807, 2.05) is 29.9 Å². The van der Waals surface area contributed by atoms with Gasteiger partial charge in [0.1, 0.15) is 24.1 Å². The number of nitrogens with one attached hydrogen (secondary N) is 1. The fraction of sp³-hybridized carbons (Fsp3) is 0.480. The van der Waals surface area contributed by atoms with Crippen LogP contribution in [-0.4, -0.2) is 54.3 Å². The molecule has 168 valence electrons. The molecule has 1 fully saturated rings. The Morgan fingerprint density at radius 2 is 1.84 bits per heavy atom. The van der Waals surface area contributed by atoms with Crippen LogP contribution < -0.4 is 5.32 Å². The quantitative estimate of drug-likeness (QED) is 0.569. The van der Waals surface area contributed by atoms with Crippen molar-refractivity contribution in [3.63, 3.8) is 0 Å². The molecule has 0 unspecified atom stereocenters. The van der Waals surface area contributed by atoms with Gasteiger partial charge in [0.25, 0.3) is 0 Å². The van der Waals surface area contributed by atoms with E-state index in [9.17, 15) is 5.26 Å². The minimum absolute atomic E-state index is 0.164. The number of hydrogen-bond acceptors (Lipinski definition) is 4. The lowest BCUT2D eigenvalue weighted by Crippen LogP contribution is -2.36. The lowest BCUT2D eigenvalue weighted by molar-refractivity contribution is -0.870. The van der Waals surface area contributed by atoms with Gasteiger partial charge >= 0.3 is 0 Å². The highest BCUT2D eigenvalue weighted by atomic mass is 16.3. The standard InChI is InChI=1S/C20H19N5.C5H14NO/c1-25-15(12-21)6-8-18(25)14-5-7-17-16(11-14)20(9-3-2-4-10-20)19(24-17)23-13-22;1-6(2,3)4-5-7/h5-8,11H,2-4,9-10H2,1H3,(H,23,24);7H,4-5H2,1-3H3/q;+1. The highest BCUT2D eigenvalue weighted by Crippen LogP contribution is 2.49. The number of nitrogens with zero attached hydrogens (tertiary/aromatic N) is 5. The summed E-state index contributed by atoms with van der Waals surface area (Å²) in [5, 5.41) is 30.1. The van der Waals surface area contributed by atoms with Crippen molar-refractivity contribution in [3.8, 4) is 23.5 Å². The number of benzene rings is 1. The summed E-state index contributed by atoms with van der Waals surface area (Å²) in [4.78, 5) is 4.12. The number of rotatable bonds is 3. The molecule has 32 heavy (non-hydrogen) atoms. The molecule has 7 nitrogen and oxygen atoms in total. The topological polar surface area (TPSA) is 97.1 Å². The third kappa shape index (κ3) is 4.70. The zero-order valence-corrected chi connectivity index (χ0v) is 19.5. The monoisotopic (exact) mass is 433 g/mol. The molecule has 0 atom stereocenters. The Morgan fingerprint density at radius 1 is 1.12 bits per heavy atom. The number of aromatic nitrogens is 1. The molecule has 0 amide bonds. The maximum atomic E-state index is 9.20. The number of aliphatic hydroxyl groups is 1. The largest absolute Gasteiger partial charge is 0.391 e. The minimum Gasteiger partial charge on any atom is -0.391 e. The van der Waals surface area contributed by atoms with E-state index >= 15 is 0 Å². The van der Waals surface area contributed by atoms with Crippen LogP contribution in [0.25, 0.3) is 11.3 Å². The molecule has 2 aromatic rings. The van der Waals surface area contributed by atoms with Crippen molar-refractivity contribution in [2.75, 3.05) is 39.6 Å². The third-order valence-corrected chi connectivity index (χ3v) is 6.41. The molecule has 0 radical (unpaired) electrons. The van der Waals surface area contributed by atoms with Crippen LogP contribution >= 0.6 is 0 Å². The third-order valence-electron chi connectivity index (χ3n) is 6.41. The van der Waals surface area contributed by atoms with Gasteiger partial charge < -0.3 is 19.5 Å². The summed E-state index contributed by atoms with van der Waals surface area (Å²) >= 11 is 0. The van der Waals surface area contributed by atoms with Gasteiger partial charge in [-0.15, -0.1) is 0 Å². The average Bonchev–Trinajstić information content (AvgIpc) is 3.26. The van der Waals surface area contributed by atoms with Crippen molar-refractivity contribution in [3.05, 3.63) is 41.6 Å². The summed E-state index contributed by atoms with van der Waals surface area (Å²) in [6.07, 6.45) is 7.55. The maximum absolute atomic E-state index is 9.20. The number of quaternary nitrogens is 1. The number of hydrogen-bond donors (Lipinski definition) is 2. The zero-order valence-electron chi connectivity index (χ0n) is 19.5. The van der Waals surface area contributed by atoms with Crippen LogP contribution in [0.4, 0.5) is 5.69 Å². The van der Waals surface area contributed by atoms with Gasteiger partial charge in [-0.2, -0.15) is 15.5 Å². The lowest BCUT2D eigenvalue weighted by atomic mass is 9.69. The molecule has 2 heterocycles. The van der Waals surface area contributed by atoms with Crippen molar-refractivity contribution in [2.45, 2.75) is 37.5 Å². The number of aliphatic imine (C=N–C) groups is 1. The number of fused-ring (bicyclic) bond motifs is 2. The average molecular weight is 434 g/mol. The summed E-state index contributed by atoms with van der Waals surface area (Å²) in [7, 11) is 8.07. The summed E-state index contributed by atoms with van der Waals surface area (Å²) in [6.45, 7) is 1.11. The Kier molecular flexibility index (Phi) is 7.03. The molecule has 1 aliphatic heterocycles. The number of aliphatic hydroxyl groups excluding tert-OH is 1. The molecule has 0 saturated heterocycles. The normalized spacial score (nSPS) is 17.7. The van der Waals surface area contributed by atoms with Gasteiger partial charge in [0.15, 0.2) is 0 Å². The van der Waals surface area contributed by atoms with E-state index in [1.54, 1.807) is 0 Å². The van der Waals surface area contributed by atoms with Gasteiger partial charge in [0.2, 0.25) is 6.19 Å². The molecular formula is C25H33N6O+. The van der Waals surface area contributed by atoms with Gasteiger partial charge in [-0.1, -0.05) is 25.3 Å². The number of likely N-dealkylation sites (N-methyl/N-ethyl adjacent to an activating group) is 1. The van der Waals surface area contributed by atoms with Gasteiger partial charge in [0.05, 0.1) is 33.2 Å². The molecule has 1 spiro atoms. The van der Waals surface area contributed by atoms with Crippen LogP contribution in [0.2, 0.25) is 0 Å². The van der Waals surface area contributed by atoms with Crippen LogP contribution in [0.5, 0.6) is 0 Å². The molecule has 0 bridgehead atoms. The van der Waals surface area contributed by atoms with Crippen molar-refractivity contribution in [2.24, 2.45) is 12.0 Å². The van der Waals surface area contributed by atoms with E-state index in [4.69, 9.17) is 10.4 Å². The first-order valence-electron chi connectivity index (χ1n) is 11.1. The lowest BCUT2D eigenvalue weighted by Gasteiger charge is -2.33. The second-order valence-electron chi connectivity index (χ2n) is 9.60. The van der Waals surface area contributed by atoms with Crippen LogP contribution in [0.15, 0.2) is 35.3 Å². The fourth-order valence-electron chi connectivity index (χ4n) is 4.64. The SMILES string of the molecule is C[N+](C)(C)CCO.Cn1c(C#N)ccc1-c1ccc2c(c1)C1(CCCCC1)C(=NC#N)N2. The molecule has 2 N–H and O–H groups in total. The molecule has 1 aliphatic carbocycles. The van der Waals surface area contributed by atoms with Crippen molar-refractivity contribution in [1.82, 2.24) is 4.57 Å². The Labute approximate surface area is 190 Å². The number of nitriles is 2. The van der Waals surface area contributed by atoms with E-state index in [1.165, 1.54) is 12.0 Å². The summed E-state index contributed by atoms with van der Waals surface area (Å²) < 4.78 is 2.76. The van der Waals surface area contributed by atoms with Gasteiger partial charge in [0, 0.05) is 18.4 Å². The van der Waals surface area contributed by atoms with Crippen LogP contribution in [0.3, 0.4) is 0 Å². The first kappa shape index (κ1) is 23.5. The van der Waals surface area contributed by atoms with Crippen molar-refractivity contribution >= 4 is 11.5 Å². The first-order valence-corrected chi connectivity index (χ1v) is 11.1. The Hall–Kier alpha value is -3.13. The Morgan fingerprint density at radius 3 is 2.38 bits per heavy atom. The molecule has 4 rings (SSSR count). The number of amidine groups is 1. The molecule has 1 aromatic heterocycles. The molecule has 1 aromatic carbocycles. The Bertz CT molecular complexity index is 1070. The van der Waals surface area contributed by atoms with Gasteiger partial charge in [-0.05, 0) is 48.2 Å². The summed E-state index contributed by atoms with van der Waals surface area (Å²) in [5.74, 6) is 0.798. The first-order chi connectivity index (χ1) is 15.3. The second-order valence-corrected chi connectivity index (χ2v) is 9.60. The zero-order chi connectivity index (χ0) is 23.4. The highest BCUT2D eigenvalue weighted by Gasteiger charge is 2.45. The molecular weight excluding hydrogens is 400 g/mol. The van der Waals surface area contributed by atoms with Crippen LogP contribution in [-0.2, 0) is 12.5 Å². The smallest absolute Gasteiger partial charge is 0.207 e. The fourth-order valence-corrected chi connectivity index (χ4v) is 4.64. The van der Waals surface area contributed by atoms with E-state index in [-0.39, 0.29) is 12.0 Å². The van der Waals surface area contributed by atoms with E-state index in [0.717, 1.165) is 59.5 Å². The van der Waals surface area contributed by atoms with Crippen LogP contribution in [0.1, 0.15) is 43.4 Å². The predicted octanol–water partition coefficient (Wildman–Crippen LogP) is 3.76. The van der Waals surface area contributed by atoms with Gasteiger partial charge in [-0.3, -0.25) is 0 Å². The van der Waals surface area contributed by atoms with E-state index in [2.05, 4.69) is 55.7 Å². The molecule has 7 heteroatoms. The maximum Gasteiger partial charge on any atom is 0.207 e. The Balaban J connectivity index is 0.000000360. The summed E-state index contributed by atoms with van der Waals surface area (Å²) in [5.41, 5.74) is 4.88. The minimum atomic E-state index is -0.164.